The Bertz CT molecular complexity index is 399. The molecule has 114 valence electrons. The van der Waals surface area contributed by atoms with Crippen LogP contribution in [0, 0.1) is 0 Å². The van der Waals surface area contributed by atoms with Crippen molar-refractivity contribution >= 4 is 0 Å². The lowest BCUT2D eigenvalue weighted by Gasteiger charge is -2.23. The van der Waals surface area contributed by atoms with Gasteiger partial charge in [0, 0.05) is 18.2 Å². The van der Waals surface area contributed by atoms with Gasteiger partial charge in [-0.05, 0) is 6.42 Å². The van der Waals surface area contributed by atoms with Crippen LogP contribution in [0.3, 0.4) is 0 Å². The molecule has 2 atom stereocenters. The van der Waals surface area contributed by atoms with E-state index in [4.69, 9.17) is 24.7 Å². The molecule has 2 unspecified atom stereocenters. The zero-order valence-electron chi connectivity index (χ0n) is 12.4. The predicted molar refractivity (Wildman–Crippen MR) is 75.9 cm³/mol. The first-order chi connectivity index (χ1) is 9.60. The van der Waals surface area contributed by atoms with Gasteiger partial charge < -0.3 is 29.8 Å². The van der Waals surface area contributed by atoms with Crippen molar-refractivity contribution in [2.75, 3.05) is 27.9 Å². The fraction of sp³-hybridized carbons (Fsp3) is 0.571. The van der Waals surface area contributed by atoms with Crippen LogP contribution in [0.15, 0.2) is 12.1 Å². The summed E-state index contributed by atoms with van der Waals surface area (Å²) in [6, 6.07) is 3.10. The minimum absolute atomic E-state index is 0.161. The summed E-state index contributed by atoms with van der Waals surface area (Å²) in [6.45, 7) is 1.78. The first-order valence-corrected chi connectivity index (χ1v) is 6.44. The van der Waals surface area contributed by atoms with Gasteiger partial charge in [0.25, 0.3) is 0 Å². The van der Waals surface area contributed by atoms with E-state index in [-0.39, 0.29) is 12.6 Å². The van der Waals surface area contributed by atoms with E-state index in [1.54, 1.807) is 12.1 Å². The minimum atomic E-state index is -0.484. The van der Waals surface area contributed by atoms with E-state index in [1.807, 2.05) is 6.92 Å². The molecule has 0 aliphatic carbocycles. The maximum atomic E-state index is 9.35. The first kappa shape index (κ1) is 16.4. The van der Waals surface area contributed by atoms with E-state index in [1.165, 1.54) is 21.3 Å². The van der Waals surface area contributed by atoms with Crippen molar-refractivity contribution in [1.82, 2.24) is 0 Å². The molecule has 0 aliphatic rings. The summed E-state index contributed by atoms with van der Waals surface area (Å²) in [7, 11) is 4.59. The van der Waals surface area contributed by atoms with E-state index >= 15 is 0 Å². The first-order valence-electron chi connectivity index (χ1n) is 6.44. The molecule has 1 aromatic rings. The van der Waals surface area contributed by atoms with E-state index < -0.39 is 6.10 Å². The highest BCUT2D eigenvalue weighted by Crippen LogP contribution is 2.41. The lowest BCUT2D eigenvalue weighted by molar-refractivity contribution is 0.0926. The van der Waals surface area contributed by atoms with Gasteiger partial charge in [-0.15, -0.1) is 0 Å². The molecule has 0 aromatic heterocycles. The largest absolute Gasteiger partial charge is 0.493 e. The number of aliphatic hydroxyl groups excluding tert-OH is 1. The minimum Gasteiger partial charge on any atom is -0.493 e. The highest BCUT2D eigenvalue weighted by atomic mass is 16.5. The van der Waals surface area contributed by atoms with Gasteiger partial charge in [0.05, 0.1) is 27.9 Å². The Morgan fingerprint density at radius 2 is 1.65 bits per heavy atom. The van der Waals surface area contributed by atoms with Crippen molar-refractivity contribution in [1.29, 1.82) is 0 Å². The van der Waals surface area contributed by atoms with Crippen LogP contribution in [0.2, 0.25) is 0 Å². The molecule has 0 saturated heterocycles. The fourth-order valence-corrected chi connectivity index (χ4v) is 1.82. The molecule has 20 heavy (non-hydrogen) atoms. The summed E-state index contributed by atoms with van der Waals surface area (Å²) < 4.78 is 21.4. The van der Waals surface area contributed by atoms with Gasteiger partial charge in [-0.2, -0.15) is 0 Å². The zero-order chi connectivity index (χ0) is 15.1. The smallest absolute Gasteiger partial charge is 0.203 e. The molecule has 0 aliphatic heterocycles. The Balaban J connectivity index is 3.06. The molecule has 0 spiro atoms. The predicted octanol–water partition coefficient (Wildman–Crippen LogP) is 1.19. The Labute approximate surface area is 119 Å². The molecule has 0 saturated carbocycles. The van der Waals surface area contributed by atoms with Crippen LogP contribution in [0.25, 0.3) is 0 Å². The molecule has 1 rings (SSSR count). The van der Waals surface area contributed by atoms with Crippen LogP contribution in [0.1, 0.15) is 13.3 Å². The Hall–Kier alpha value is -1.66. The Morgan fingerprint density at radius 1 is 1.10 bits per heavy atom. The molecule has 0 radical (unpaired) electrons. The molecule has 1 aromatic carbocycles. The van der Waals surface area contributed by atoms with Gasteiger partial charge in [0.1, 0.15) is 11.9 Å². The van der Waals surface area contributed by atoms with Crippen molar-refractivity contribution < 1.29 is 24.1 Å². The van der Waals surface area contributed by atoms with Gasteiger partial charge in [0.2, 0.25) is 5.75 Å². The summed E-state index contributed by atoms with van der Waals surface area (Å²) in [5.74, 6) is 1.97. The number of hydrogen-bond donors (Lipinski definition) is 2. The fourth-order valence-electron chi connectivity index (χ4n) is 1.82. The second-order valence-corrected chi connectivity index (χ2v) is 4.27. The summed E-state index contributed by atoms with van der Waals surface area (Å²) in [5.41, 5.74) is 5.90. The second kappa shape index (κ2) is 7.81. The molecule has 6 heteroatoms. The molecule has 0 amide bonds. The highest BCUT2D eigenvalue weighted by Gasteiger charge is 2.20. The van der Waals surface area contributed by atoms with E-state index in [0.717, 1.165) is 0 Å². The van der Waals surface area contributed by atoms with Crippen molar-refractivity contribution in [3.8, 4) is 23.0 Å². The van der Waals surface area contributed by atoms with Crippen LogP contribution in [-0.2, 0) is 0 Å². The molecular formula is C14H23NO5. The van der Waals surface area contributed by atoms with Crippen molar-refractivity contribution in [3.05, 3.63) is 12.1 Å². The average molecular weight is 285 g/mol. The van der Waals surface area contributed by atoms with Crippen molar-refractivity contribution in [2.45, 2.75) is 25.5 Å². The van der Waals surface area contributed by atoms with Gasteiger partial charge >= 0.3 is 0 Å². The third-order valence-electron chi connectivity index (χ3n) is 3.05. The summed E-state index contributed by atoms with van der Waals surface area (Å²) in [6.07, 6.45) is 0.221. The monoisotopic (exact) mass is 285 g/mol. The van der Waals surface area contributed by atoms with E-state index in [0.29, 0.717) is 29.4 Å². The summed E-state index contributed by atoms with van der Waals surface area (Å²) in [5, 5.41) is 9.35. The second-order valence-electron chi connectivity index (χ2n) is 4.27. The van der Waals surface area contributed by atoms with Crippen LogP contribution >= 0.6 is 0 Å². The van der Waals surface area contributed by atoms with E-state index in [2.05, 4.69) is 0 Å². The molecular weight excluding hydrogens is 262 g/mol. The highest BCUT2D eigenvalue weighted by molar-refractivity contribution is 5.55. The average Bonchev–Trinajstić information content (AvgIpc) is 2.50. The van der Waals surface area contributed by atoms with Crippen LogP contribution in [0.5, 0.6) is 23.0 Å². The summed E-state index contributed by atoms with van der Waals surface area (Å²) >= 11 is 0. The molecule has 0 heterocycles. The number of aliphatic hydroxyl groups is 1. The zero-order valence-corrected chi connectivity index (χ0v) is 12.4. The number of ether oxygens (including phenoxy) is 4. The third-order valence-corrected chi connectivity index (χ3v) is 3.05. The van der Waals surface area contributed by atoms with Crippen LogP contribution in [-0.4, -0.2) is 45.2 Å². The number of benzene rings is 1. The molecule has 3 N–H and O–H groups in total. The van der Waals surface area contributed by atoms with E-state index in [9.17, 15) is 5.11 Å². The number of methoxy groups -OCH3 is 3. The molecule has 0 bridgehead atoms. The number of hydrogen-bond acceptors (Lipinski definition) is 6. The molecule has 6 nitrogen and oxygen atoms in total. The van der Waals surface area contributed by atoms with Crippen molar-refractivity contribution in [2.24, 2.45) is 5.73 Å². The standard InChI is InChI=1S/C14H23NO5/c1-5-10(15)13(8-16)20-9-6-11(17-2)14(19-4)12(7-9)18-3/h6-7,10,13,16H,5,8,15H2,1-4H3. The van der Waals surface area contributed by atoms with Gasteiger partial charge in [0.15, 0.2) is 11.5 Å². The third kappa shape index (κ3) is 3.68. The Kier molecular flexibility index (Phi) is 6.41. The molecule has 0 fully saturated rings. The lowest BCUT2D eigenvalue weighted by Crippen LogP contribution is -2.41. The van der Waals surface area contributed by atoms with Gasteiger partial charge in [-0.1, -0.05) is 6.92 Å². The summed E-state index contributed by atoms with van der Waals surface area (Å²) in [4.78, 5) is 0. The normalized spacial score (nSPS) is 13.5. The number of rotatable bonds is 8. The van der Waals surface area contributed by atoms with Gasteiger partial charge in [-0.25, -0.2) is 0 Å². The van der Waals surface area contributed by atoms with Gasteiger partial charge in [-0.3, -0.25) is 0 Å². The van der Waals surface area contributed by atoms with Crippen LogP contribution < -0.4 is 24.7 Å². The maximum absolute atomic E-state index is 9.35. The van der Waals surface area contributed by atoms with Crippen LogP contribution in [0.4, 0.5) is 0 Å². The quantitative estimate of drug-likeness (QED) is 0.746. The van der Waals surface area contributed by atoms with Crippen molar-refractivity contribution in [3.63, 3.8) is 0 Å². The lowest BCUT2D eigenvalue weighted by atomic mass is 10.1. The SMILES string of the molecule is CCC(N)C(CO)Oc1cc(OC)c(OC)c(OC)c1. The number of nitrogens with two attached hydrogens (primary N) is 1. The Morgan fingerprint density at radius 3 is 2.00 bits per heavy atom. The topological polar surface area (TPSA) is 83.2 Å². The maximum Gasteiger partial charge on any atom is 0.203 e.